The van der Waals surface area contributed by atoms with Gasteiger partial charge in [-0.2, -0.15) is 0 Å². The Morgan fingerprint density at radius 3 is 0.895 bits per heavy atom. The normalized spacial score (nSPS) is 11.7. The Balaban J connectivity index is 0.000000108. The van der Waals surface area contributed by atoms with Crippen molar-refractivity contribution in [2.24, 2.45) is 0 Å². The van der Waals surface area contributed by atoms with Crippen LogP contribution in [-0.2, 0) is 0 Å². The molecule has 0 atom stereocenters. The highest BCUT2D eigenvalue weighted by Crippen LogP contribution is 2.53. The highest BCUT2D eigenvalue weighted by Gasteiger charge is 2.27. The number of aromatic nitrogens is 2. The van der Waals surface area contributed by atoms with Gasteiger partial charge in [0.05, 0.1) is 11.0 Å². The molecule has 0 N–H and O–H groups in total. The fourth-order valence-corrected chi connectivity index (χ4v) is 20.0. The maximum atomic E-state index is 6.89. The van der Waals surface area contributed by atoms with Crippen molar-refractivity contribution in [1.82, 2.24) is 9.55 Å². The Morgan fingerprint density at radius 2 is 0.484 bits per heavy atom. The average molecular weight is 1580 g/mol. The zero-order valence-electron chi connectivity index (χ0n) is 67.3. The lowest BCUT2D eigenvalue weighted by Gasteiger charge is -2.18. The van der Waals surface area contributed by atoms with E-state index in [4.69, 9.17) is 13.3 Å². The van der Waals surface area contributed by atoms with E-state index in [2.05, 4.69) is 422 Å². The molecule has 0 saturated carbocycles. The Hall–Kier alpha value is -16.5. The summed E-state index contributed by atoms with van der Waals surface area (Å²) in [7, 11) is 0. The molecule has 0 unspecified atom stereocenters. The molecule has 5 heteroatoms. The largest absolute Gasteiger partial charge is 0.456 e. The van der Waals surface area contributed by atoms with Gasteiger partial charge in [0.15, 0.2) is 0 Å². The first-order valence-corrected chi connectivity index (χ1v) is 42.4. The second kappa shape index (κ2) is 29.8. The van der Waals surface area contributed by atoms with E-state index < -0.39 is 0 Å². The van der Waals surface area contributed by atoms with Crippen LogP contribution in [0, 0.1) is 0 Å². The first-order valence-electron chi connectivity index (χ1n) is 42.4. The van der Waals surface area contributed by atoms with Crippen molar-refractivity contribution in [2.45, 2.75) is 0 Å². The number of furan rings is 3. The van der Waals surface area contributed by atoms with Crippen molar-refractivity contribution in [1.29, 1.82) is 0 Å². The van der Waals surface area contributed by atoms with Crippen LogP contribution in [0.4, 0.5) is 0 Å². The second-order valence-electron chi connectivity index (χ2n) is 32.0. The van der Waals surface area contributed by atoms with Gasteiger partial charge in [-0.15, -0.1) is 0 Å². The van der Waals surface area contributed by atoms with Crippen LogP contribution in [0.3, 0.4) is 0 Å². The van der Waals surface area contributed by atoms with Gasteiger partial charge in [-0.3, -0.25) is 4.98 Å². The van der Waals surface area contributed by atoms with Crippen LogP contribution in [0.2, 0.25) is 0 Å². The van der Waals surface area contributed by atoms with Gasteiger partial charge >= 0.3 is 0 Å². The number of pyridine rings is 1. The minimum Gasteiger partial charge on any atom is -0.456 e. The number of rotatable bonds is 9. The lowest BCUT2D eigenvalue weighted by atomic mass is 9.84. The fraction of sp³-hybridized carbons (Fsp3) is 0. The van der Waals surface area contributed by atoms with E-state index in [1.807, 2.05) is 30.5 Å². The molecule has 0 aliphatic carbocycles. The van der Waals surface area contributed by atoms with Gasteiger partial charge < -0.3 is 17.8 Å². The Kier molecular flexibility index (Phi) is 17.2. The number of hydrogen-bond acceptors (Lipinski definition) is 4. The molecule has 5 aromatic heterocycles. The van der Waals surface area contributed by atoms with Gasteiger partial charge in [-0.1, -0.05) is 364 Å². The maximum absolute atomic E-state index is 6.89. The number of fused-ring (bicyclic) bond motifs is 18. The highest BCUT2D eigenvalue weighted by molar-refractivity contribution is 6.30. The molecule has 0 aliphatic heterocycles. The quantitative estimate of drug-likeness (QED) is 0.135. The predicted octanol–water partition coefficient (Wildman–Crippen LogP) is 33.5. The smallest absolute Gasteiger partial charge is 0.143 e. The molecule has 0 radical (unpaired) electrons. The summed E-state index contributed by atoms with van der Waals surface area (Å²) in [6.07, 6.45) is 3.71. The maximum Gasteiger partial charge on any atom is 0.143 e. The van der Waals surface area contributed by atoms with Gasteiger partial charge in [0.2, 0.25) is 0 Å². The molecule has 21 aromatic carbocycles. The Labute approximate surface area is 714 Å². The number of para-hydroxylation sites is 5. The number of nitrogens with zero attached hydrogens (tertiary/aromatic N) is 2. The van der Waals surface area contributed by atoms with Crippen molar-refractivity contribution in [2.75, 3.05) is 0 Å². The van der Waals surface area contributed by atoms with Crippen molar-refractivity contribution in [3.8, 4) is 94.7 Å². The van der Waals surface area contributed by atoms with E-state index in [1.54, 1.807) is 6.20 Å². The van der Waals surface area contributed by atoms with Gasteiger partial charge in [-0.05, 0) is 210 Å². The van der Waals surface area contributed by atoms with Crippen molar-refractivity contribution < 1.29 is 13.3 Å². The first kappa shape index (κ1) is 71.6. The van der Waals surface area contributed by atoms with Gasteiger partial charge in [-0.25, -0.2) is 0 Å². The highest BCUT2D eigenvalue weighted by atomic mass is 16.3. The summed E-state index contributed by atoms with van der Waals surface area (Å²) in [4.78, 5) is 4.38. The summed E-state index contributed by atoms with van der Waals surface area (Å²) < 4.78 is 22.1. The fourth-order valence-electron chi connectivity index (χ4n) is 20.0. The summed E-state index contributed by atoms with van der Waals surface area (Å²) in [5, 5.41) is 24.3. The lowest BCUT2D eigenvalue weighted by Crippen LogP contribution is -1.93. The SMILES string of the molecule is c1ccc(-c2c3ccccc3c(-c3ccc(-c4ccc5c(c4)c4ccccc4n5-c4ccccc4)c4oc5ccccc5c34)c3ccccc23)cc1.c1ccc(-c2c3ccccc3c(-c3ccc(-c4cccnc4)c4oc5ccccc5c34)c3ccccc23)cc1.c1ccc(-c2c3ccccc3c(-c3cccc4oc5ccccc5c34)c3ccccc23)cc1. The molecular weight excluding hydrogens is 1510 g/mol. The molecule has 0 amide bonds. The van der Waals surface area contributed by atoms with Crippen molar-refractivity contribution in [3.05, 3.63) is 449 Å². The topological polar surface area (TPSA) is 57.2 Å². The molecule has 124 heavy (non-hydrogen) atoms. The van der Waals surface area contributed by atoms with Gasteiger partial charge in [0, 0.05) is 77.9 Å². The molecule has 26 aromatic rings. The molecule has 0 saturated heterocycles. The van der Waals surface area contributed by atoms with Crippen LogP contribution in [0.25, 0.3) is 247 Å². The van der Waals surface area contributed by atoms with E-state index in [9.17, 15) is 0 Å². The Morgan fingerprint density at radius 1 is 0.177 bits per heavy atom. The third kappa shape index (κ3) is 11.7. The summed E-state index contributed by atoms with van der Waals surface area (Å²) in [6, 6.07) is 156. The number of benzene rings is 21. The molecule has 0 aliphatic rings. The van der Waals surface area contributed by atoms with E-state index in [-0.39, 0.29) is 0 Å². The second-order valence-corrected chi connectivity index (χ2v) is 32.0. The van der Waals surface area contributed by atoms with Crippen LogP contribution in [0.1, 0.15) is 0 Å². The molecule has 578 valence electrons. The molecule has 26 rings (SSSR count). The standard InChI is InChI=1S/C50H31NO.C37H23NO.C32H20O/c1-3-15-32(16-4-1)47-37-20-7-9-22-39(37)48(40-23-10-8-21-38(40)47)42-29-28-35(50-49(42)41-24-12-14-26-46(41)52-50)33-27-30-45-43(31-33)36-19-11-13-25-44(36)51(45)34-17-5-2-6-18-34;1-2-11-24(12-3-1)34-27-14-4-6-16-29(27)35(30-17-7-5-15-28(30)34)32-21-20-26(25-13-10-22-38-23-25)37-36(32)31-18-8-9-19-33(31)39-37;1-2-11-21(12-3-1)30-22-13-4-6-15-24(22)31(25-16-7-5-14-23(25)30)27-18-10-20-29-32(27)26-17-8-9-19-28(26)33-29/h1-31H;1-23H;1-20H. The zero-order valence-corrected chi connectivity index (χ0v) is 67.3. The van der Waals surface area contributed by atoms with E-state index in [1.165, 1.54) is 159 Å². The summed E-state index contributed by atoms with van der Waals surface area (Å²) in [5.41, 5.74) is 28.1. The molecule has 5 nitrogen and oxygen atoms in total. The van der Waals surface area contributed by atoms with Crippen molar-refractivity contribution >= 4 is 152 Å². The Bertz CT molecular complexity index is 8550. The van der Waals surface area contributed by atoms with Crippen LogP contribution < -0.4 is 0 Å². The monoisotopic (exact) mass is 1580 g/mol. The molecule has 0 bridgehead atoms. The van der Waals surface area contributed by atoms with Gasteiger partial charge in [0.25, 0.3) is 0 Å². The molecular formula is C119H74N2O3. The molecule has 5 heterocycles. The molecule has 0 fully saturated rings. The average Bonchev–Trinajstić information content (AvgIpc) is 1.31. The van der Waals surface area contributed by atoms with E-state index >= 15 is 0 Å². The third-order valence-corrected chi connectivity index (χ3v) is 25.2. The van der Waals surface area contributed by atoms with Crippen molar-refractivity contribution in [3.63, 3.8) is 0 Å². The molecule has 0 spiro atoms. The number of hydrogen-bond donors (Lipinski definition) is 0. The predicted molar refractivity (Wildman–Crippen MR) is 522 cm³/mol. The van der Waals surface area contributed by atoms with E-state index in [0.29, 0.717) is 0 Å². The van der Waals surface area contributed by atoms with Gasteiger partial charge in [0.1, 0.15) is 33.5 Å². The minimum atomic E-state index is 0.889. The first-order chi connectivity index (χ1) is 61.6. The summed E-state index contributed by atoms with van der Waals surface area (Å²) >= 11 is 0. The van der Waals surface area contributed by atoms with Crippen LogP contribution in [0.5, 0.6) is 0 Å². The third-order valence-electron chi connectivity index (χ3n) is 25.2. The lowest BCUT2D eigenvalue weighted by molar-refractivity contribution is 0.669. The van der Waals surface area contributed by atoms with Crippen LogP contribution >= 0.6 is 0 Å². The van der Waals surface area contributed by atoms with E-state index in [0.717, 1.165) is 88.4 Å². The zero-order chi connectivity index (χ0) is 81.7. The summed E-state index contributed by atoms with van der Waals surface area (Å²) in [6.45, 7) is 0. The van der Waals surface area contributed by atoms with Crippen LogP contribution in [0.15, 0.2) is 462 Å². The van der Waals surface area contributed by atoms with Crippen LogP contribution in [-0.4, -0.2) is 9.55 Å². The summed E-state index contributed by atoms with van der Waals surface area (Å²) in [5.74, 6) is 0. The minimum absolute atomic E-state index is 0.889.